The van der Waals surface area contributed by atoms with Crippen LogP contribution in [0.4, 0.5) is 14.5 Å². The van der Waals surface area contributed by atoms with Crippen molar-refractivity contribution in [3.8, 4) is 0 Å². The van der Waals surface area contributed by atoms with E-state index >= 15 is 0 Å². The summed E-state index contributed by atoms with van der Waals surface area (Å²) in [5.74, 6) is -3.13. The summed E-state index contributed by atoms with van der Waals surface area (Å²) in [6, 6.07) is 8.31. The highest BCUT2D eigenvalue weighted by molar-refractivity contribution is 6.05. The zero-order valence-electron chi connectivity index (χ0n) is 10.5. The van der Waals surface area contributed by atoms with Gasteiger partial charge in [0.15, 0.2) is 5.82 Å². The quantitative estimate of drug-likeness (QED) is 0.780. The maximum atomic E-state index is 13.5. The van der Waals surface area contributed by atoms with Crippen molar-refractivity contribution in [3.05, 3.63) is 59.4 Å². The summed E-state index contributed by atoms with van der Waals surface area (Å²) in [7, 11) is 1.50. The molecule has 0 aliphatic heterocycles. The van der Waals surface area contributed by atoms with Crippen LogP contribution in [0.5, 0.6) is 0 Å². The molecule has 0 fully saturated rings. The molecule has 1 heterocycles. The van der Waals surface area contributed by atoms with E-state index in [0.29, 0.717) is 5.69 Å². The summed E-state index contributed by atoms with van der Waals surface area (Å²) in [5.41, 5.74) is 1.31. The Balaban J connectivity index is 2.33. The molecule has 0 aliphatic carbocycles. The lowest BCUT2D eigenvalue weighted by Crippen LogP contribution is -2.27. The standard InChI is InChI=1S/C14H12F2N2O/c1-9-3-5-10(6-4-9)18(2)14(19)11-7-8-17-13(16)12(11)15/h3-8H,1-2H3. The van der Waals surface area contributed by atoms with Crippen LogP contribution in [0.15, 0.2) is 36.5 Å². The van der Waals surface area contributed by atoms with E-state index < -0.39 is 17.7 Å². The van der Waals surface area contributed by atoms with Gasteiger partial charge in [0, 0.05) is 18.9 Å². The Hall–Kier alpha value is -2.30. The minimum absolute atomic E-state index is 0.337. The van der Waals surface area contributed by atoms with Crippen LogP contribution in [0.2, 0.25) is 0 Å². The molecule has 0 N–H and O–H groups in total. The first-order valence-electron chi connectivity index (χ1n) is 5.65. The fourth-order valence-corrected chi connectivity index (χ4v) is 1.65. The van der Waals surface area contributed by atoms with Crippen molar-refractivity contribution in [1.29, 1.82) is 0 Å². The lowest BCUT2D eigenvalue weighted by Gasteiger charge is -2.17. The summed E-state index contributed by atoms with van der Waals surface area (Å²) in [5, 5.41) is 0. The molecule has 1 aromatic carbocycles. The van der Waals surface area contributed by atoms with Gasteiger partial charge in [-0.2, -0.15) is 4.39 Å². The second-order valence-electron chi connectivity index (χ2n) is 4.16. The van der Waals surface area contributed by atoms with Crippen LogP contribution >= 0.6 is 0 Å². The van der Waals surface area contributed by atoms with Gasteiger partial charge in [-0.1, -0.05) is 17.7 Å². The highest BCUT2D eigenvalue weighted by Crippen LogP contribution is 2.18. The van der Waals surface area contributed by atoms with Gasteiger partial charge >= 0.3 is 0 Å². The number of halogens is 2. The van der Waals surface area contributed by atoms with E-state index in [1.165, 1.54) is 11.9 Å². The van der Waals surface area contributed by atoms with Crippen LogP contribution in [0.3, 0.4) is 0 Å². The predicted molar refractivity (Wildman–Crippen MR) is 68.1 cm³/mol. The van der Waals surface area contributed by atoms with E-state index in [9.17, 15) is 13.6 Å². The number of aromatic nitrogens is 1. The van der Waals surface area contributed by atoms with Gasteiger partial charge in [0.1, 0.15) is 0 Å². The molecule has 0 atom stereocenters. The number of anilines is 1. The van der Waals surface area contributed by atoms with Gasteiger partial charge in [-0.05, 0) is 25.1 Å². The number of carbonyl (C=O) groups excluding carboxylic acids is 1. The van der Waals surface area contributed by atoms with Crippen molar-refractivity contribution in [1.82, 2.24) is 4.98 Å². The molecular weight excluding hydrogens is 250 g/mol. The Bertz CT molecular complexity index is 611. The number of carbonyl (C=O) groups is 1. The van der Waals surface area contributed by atoms with E-state index in [1.54, 1.807) is 12.1 Å². The monoisotopic (exact) mass is 262 g/mol. The minimum atomic E-state index is -1.27. The molecule has 98 valence electrons. The predicted octanol–water partition coefficient (Wildman–Crippen LogP) is 2.94. The molecule has 0 bridgehead atoms. The molecule has 0 saturated carbocycles. The lowest BCUT2D eigenvalue weighted by atomic mass is 10.2. The summed E-state index contributed by atoms with van der Waals surface area (Å²) in [6.07, 6.45) is 1.06. The number of rotatable bonds is 2. The summed E-state index contributed by atoms with van der Waals surface area (Å²) in [4.78, 5) is 16.5. The van der Waals surface area contributed by atoms with E-state index in [1.807, 2.05) is 19.1 Å². The van der Waals surface area contributed by atoms with Crippen molar-refractivity contribution >= 4 is 11.6 Å². The van der Waals surface area contributed by atoms with Gasteiger partial charge in [-0.25, -0.2) is 9.37 Å². The maximum Gasteiger partial charge on any atom is 0.261 e. The molecule has 3 nitrogen and oxygen atoms in total. The fourth-order valence-electron chi connectivity index (χ4n) is 1.65. The van der Waals surface area contributed by atoms with E-state index in [0.717, 1.165) is 17.8 Å². The molecule has 0 aliphatic rings. The molecule has 0 radical (unpaired) electrons. The van der Waals surface area contributed by atoms with Crippen LogP contribution in [-0.4, -0.2) is 17.9 Å². The SMILES string of the molecule is Cc1ccc(N(C)C(=O)c2ccnc(F)c2F)cc1. The molecule has 0 unspecified atom stereocenters. The summed E-state index contributed by atoms with van der Waals surface area (Å²) < 4.78 is 26.5. The number of benzene rings is 1. The van der Waals surface area contributed by atoms with Crippen LogP contribution in [0.1, 0.15) is 15.9 Å². The first kappa shape index (κ1) is 13.1. The van der Waals surface area contributed by atoms with Crippen molar-refractivity contribution in [2.45, 2.75) is 6.92 Å². The van der Waals surface area contributed by atoms with Crippen molar-refractivity contribution in [3.63, 3.8) is 0 Å². The number of nitrogens with zero attached hydrogens (tertiary/aromatic N) is 2. The Labute approximate surface area is 109 Å². The fraction of sp³-hybridized carbons (Fsp3) is 0.143. The van der Waals surface area contributed by atoms with E-state index in [-0.39, 0.29) is 5.56 Å². The summed E-state index contributed by atoms with van der Waals surface area (Å²) in [6.45, 7) is 1.92. The Morgan fingerprint density at radius 2 is 1.79 bits per heavy atom. The van der Waals surface area contributed by atoms with Gasteiger partial charge in [-0.3, -0.25) is 4.79 Å². The van der Waals surface area contributed by atoms with Crippen LogP contribution in [0, 0.1) is 18.7 Å². The number of aryl methyl sites for hydroxylation is 1. The van der Waals surface area contributed by atoms with E-state index in [2.05, 4.69) is 4.98 Å². The molecule has 2 aromatic rings. The largest absolute Gasteiger partial charge is 0.311 e. The van der Waals surface area contributed by atoms with Crippen LogP contribution in [-0.2, 0) is 0 Å². The number of hydrogen-bond donors (Lipinski definition) is 0. The zero-order valence-corrected chi connectivity index (χ0v) is 10.5. The van der Waals surface area contributed by atoms with Crippen LogP contribution < -0.4 is 4.90 Å². The highest BCUT2D eigenvalue weighted by Gasteiger charge is 2.20. The second-order valence-corrected chi connectivity index (χ2v) is 4.16. The molecule has 1 amide bonds. The normalized spacial score (nSPS) is 10.3. The lowest BCUT2D eigenvalue weighted by molar-refractivity contribution is 0.0987. The van der Waals surface area contributed by atoms with Crippen LogP contribution in [0.25, 0.3) is 0 Å². The van der Waals surface area contributed by atoms with Gasteiger partial charge in [0.25, 0.3) is 5.91 Å². The van der Waals surface area contributed by atoms with Crippen molar-refractivity contribution in [2.75, 3.05) is 11.9 Å². The third-order valence-corrected chi connectivity index (χ3v) is 2.80. The molecular formula is C14H12F2N2O. The maximum absolute atomic E-state index is 13.5. The summed E-state index contributed by atoms with van der Waals surface area (Å²) >= 11 is 0. The highest BCUT2D eigenvalue weighted by atomic mass is 19.2. The van der Waals surface area contributed by atoms with Crippen molar-refractivity contribution < 1.29 is 13.6 Å². The average Bonchev–Trinajstić information content (AvgIpc) is 2.41. The van der Waals surface area contributed by atoms with Gasteiger partial charge in [0.05, 0.1) is 5.56 Å². The topological polar surface area (TPSA) is 33.2 Å². The first-order valence-corrected chi connectivity index (χ1v) is 5.65. The third kappa shape index (κ3) is 2.59. The molecule has 1 aromatic heterocycles. The van der Waals surface area contributed by atoms with Gasteiger partial charge in [-0.15, -0.1) is 0 Å². The molecule has 0 spiro atoms. The van der Waals surface area contributed by atoms with E-state index in [4.69, 9.17) is 0 Å². The minimum Gasteiger partial charge on any atom is -0.311 e. The Kier molecular flexibility index (Phi) is 3.55. The Morgan fingerprint density at radius 1 is 1.16 bits per heavy atom. The molecule has 5 heteroatoms. The number of pyridine rings is 1. The van der Waals surface area contributed by atoms with Gasteiger partial charge < -0.3 is 4.90 Å². The number of hydrogen-bond acceptors (Lipinski definition) is 2. The van der Waals surface area contributed by atoms with Gasteiger partial charge in [0.2, 0.25) is 5.95 Å². The smallest absolute Gasteiger partial charge is 0.261 e. The van der Waals surface area contributed by atoms with Crippen molar-refractivity contribution in [2.24, 2.45) is 0 Å². The third-order valence-electron chi connectivity index (χ3n) is 2.80. The zero-order chi connectivity index (χ0) is 14.0. The first-order chi connectivity index (χ1) is 9.00. The second kappa shape index (κ2) is 5.14. The molecule has 2 rings (SSSR count). The average molecular weight is 262 g/mol. The molecule has 0 saturated heterocycles. The molecule has 19 heavy (non-hydrogen) atoms. The number of amides is 1. The Morgan fingerprint density at radius 3 is 2.42 bits per heavy atom.